The summed E-state index contributed by atoms with van der Waals surface area (Å²) in [6.45, 7) is 3.81. The van der Waals surface area contributed by atoms with Gasteiger partial charge in [0, 0.05) is 38.1 Å². The highest BCUT2D eigenvalue weighted by molar-refractivity contribution is 8.00. The molecule has 0 aromatic heterocycles. The maximum atomic E-state index is 5.46. The van der Waals surface area contributed by atoms with E-state index >= 15 is 0 Å². The summed E-state index contributed by atoms with van der Waals surface area (Å²) in [5.41, 5.74) is 0. The van der Waals surface area contributed by atoms with Crippen LogP contribution >= 0.6 is 11.8 Å². The van der Waals surface area contributed by atoms with Crippen molar-refractivity contribution in [3.05, 3.63) is 0 Å². The molecule has 2 fully saturated rings. The molecule has 2 aliphatic rings. The third-order valence-electron chi connectivity index (χ3n) is 3.89. The van der Waals surface area contributed by atoms with Crippen LogP contribution < -0.4 is 10.6 Å². The fraction of sp³-hybridized carbons (Fsp3) is 0.923. The quantitative estimate of drug-likeness (QED) is 0.587. The van der Waals surface area contributed by atoms with Gasteiger partial charge < -0.3 is 15.4 Å². The van der Waals surface area contributed by atoms with Gasteiger partial charge in [-0.3, -0.25) is 4.99 Å². The Kier molecular flexibility index (Phi) is 5.18. The van der Waals surface area contributed by atoms with Crippen LogP contribution in [-0.4, -0.2) is 50.3 Å². The number of thioether (sulfide) groups is 1. The Labute approximate surface area is 114 Å². The Balaban J connectivity index is 1.75. The van der Waals surface area contributed by atoms with E-state index in [1.807, 2.05) is 18.8 Å². The van der Waals surface area contributed by atoms with Crippen LogP contribution in [0.1, 0.15) is 25.7 Å². The molecular formula is C13H25N3OS. The zero-order chi connectivity index (χ0) is 12.8. The third-order valence-corrected chi connectivity index (χ3v) is 5.31. The molecule has 1 saturated heterocycles. The molecule has 0 spiro atoms. The molecule has 0 radical (unpaired) electrons. The highest BCUT2D eigenvalue weighted by Gasteiger charge is 2.31. The molecule has 0 unspecified atom stereocenters. The number of nitrogens with zero attached hydrogens (tertiary/aromatic N) is 1. The number of guanidine groups is 1. The zero-order valence-corrected chi connectivity index (χ0v) is 12.3. The van der Waals surface area contributed by atoms with E-state index in [9.17, 15) is 0 Å². The maximum Gasteiger partial charge on any atom is 0.191 e. The van der Waals surface area contributed by atoms with Gasteiger partial charge in [-0.2, -0.15) is 11.8 Å². The van der Waals surface area contributed by atoms with E-state index in [2.05, 4.69) is 21.9 Å². The van der Waals surface area contributed by atoms with Gasteiger partial charge in [0.1, 0.15) is 0 Å². The van der Waals surface area contributed by atoms with Crippen LogP contribution in [0.4, 0.5) is 0 Å². The van der Waals surface area contributed by atoms with Crippen molar-refractivity contribution in [3.8, 4) is 0 Å². The number of hydrogen-bond donors (Lipinski definition) is 2. The Hall–Kier alpha value is -0.420. The minimum Gasteiger partial charge on any atom is -0.381 e. The van der Waals surface area contributed by atoms with E-state index in [1.54, 1.807) is 0 Å². The maximum absolute atomic E-state index is 5.46. The minimum absolute atomic E-state index is 0.315. The molecule has 18 heavy (non-hydrogen) atoms. The second-order valence-corrected chi connectivity index (χ2v) is 6.52. The van der Waals surface area contributed by atoms with Crippen LogP contribution in [0, 0.1) is 5.92 Å². The van der Waals surface area contributed by atoms with Crippen molar-refractivity contribution in [2.24, 2.45) is 10.9 Å². The number of hydrogen-bond acceptors (Lipinski definition) is 3. The van der Waals surface area contributed by atoms with Gasteiger partial charge in [-0.25, -0.2) is 0 Å². The van der Waals surface area contributed by atoms with Crippen molar-refractivity contribution < 1.29 is 4.74 Å². The predicted octanol–water partition coefficient (Wildman–Crippen LogP) is 1.47. The summed E-state index contributed by atoms with van der Waals surface area (Å²) in [5.74, 6) is 1.82. The minimum atomic E-state index is 0.315. The lowest BCUT2D eigenvalue weighted by molar-refractivity contribution is 0.0783. The van der Waals surface area contributed by atoms with Crippen LogP contribution in [0.5, 0.6) is 0 Å². The molecule has 0 bridgehead atoms. The molecule has 0 aromatic rings. The van der Waals surface area contributed by atoms with Crippen LogP contribution in [0.15, 0.2) is 4.99 Å². The van der Waals surface area contributed by atoms with Gasteiger partial charge >= 0.3 is 0 Å². The Morgan fingerprint density at radius 1 is 1.33 bits per heavy atom. The van der Waals surface area contributed by atoms with Crippen molar-refractivity contribution in [2.75, 3.05) is 39.6 Å². The van der Waals surface area contributed by atoms with Crippen molar-refractivity contribution in [3.63, 3.8) is 0 Å². The largest absolute Gasteiger partial charge is 0.381 e. The van der Waals surface area contributed by atoms with Crippen molar-refractivity contribution in [1.82, 2.24) is 10.6 Å². The van der Waals surface area contributed by atoms with E-state index in [4.69, 9.17) is 4.74 Å². The van der Waals surface area contributed by atoms with Crippen LogP contribution in [0.3, 0.4) is 0 Å². The lowest BCUT2D eigenvalue weighted by Gasteiger charge is -2.36. The molecule has 1 saturated carbocycles. The van der Waals surface area contributed by atoms with Gasteiger partial charge in [-0.15, -0.1) is 0 Å². The normalized spacial score (nSPS) is 23.8. The second-order valence-electron chi connectivity index (χ2n) is 5.25. The fourth-order valence-corrected chi connectivity index (χ4v) is 3.02. The summed E-state index contributed by atoms with van der Waals surface area (Å²) >= 11 is 1.96. The van der Waals surface area contributed by atoms with Gasteiger partial charge in [0.05, 0.1) is 0 Å². The van der Waals surface area contributed by atoms with Gasteiger partial charge in [-0.05, 0) is 37.9 Å². The average Bonchev–Trinajstić information content (AvgIpc) is 3.24. The monoisotopic (exact) mass is 271 g/mol. The Bertz CT molecular complexity index is 286. The summed E-state index contributed by atoms with van der Waals surface area (Å²) in [6, 6.07) is 0. The van der Waals surface area contributed by atoms with E-state index in [0.29, 0.717) is 4.75 Å². The molecule has 4 nitrogen and oxygen atoms in total. The Morgan fingerprint density at radius 3 is 2.61 bits per heavy atom. The highest BCUT2D eigenvalue weighted by atomic mass is 32.2. The second kappa shape index (κ2) is 6.66. The standard InChI is InChI=1S/C13H25N3OS/c1-14-12(15-9-11-3-4-11)16-10-13(18-2)5-7-17-8-6-13/h11H,3-10H2,1-2H3,(H2,14,15,16). The predicted molar refractivity (Wildman–Crippen MR) is 78.4 cm³/mol. The number of aliphatic imine (C=N–C) groups is 1. The molecule has 5 heteroatoms. The molecule has 1 heterocycles. The first-order valence-electron chi connectivity index (χ1n) is 6.85. The van der Waals surface area contributed by atoms with E-state index in [1.165, 1.54) is 12.8 Å². The molecule has 0 aromatic carbocycles. The molecule has 1 aliphatic heterocycles. The van der Waals surface area contributed by atoms with Gasteiger partial charge in [0.2, 0.25) is 0 Å². The molecule has 1 aliphatic carbocycles. The first kappa shape index (κ1) is 14.0. The lowest BCUT2D eigenvalue weighted by Crippen LogP contribution is -2.48. The van der Waals surface area contributed by atoms with Crippen LogP contribution in [0.2, 0.25) is 0 Å². The number of nitrogens with one attached hydrogen (secondary N) is 2. The van der Waals surface area contributed by atoms with Gasteiger partial charge in [-0.1, -0.05) is 0 Å². The zero-order valence-electron chi connectivity index (χ0n) is 11.5. The molecule has 2 rings (SSSR count). The average molecular weight is 271 g/mol. The first-order chi connectivity index (χ1) is 8.78. The van der Waals surface area contributed by atoms with Crippen LogP contribution in [0.25, 0.3) is 0 Å². The van der Waals surface area contributed by atoms with E-state index in [-0.39, 0.29) is 0 Å². The summed E-state index contributed by atoms with van der Waals surface area (Å²) in [4.78, 5) is 4.29. The van der Waals surface area contributed by atoms with Gasteiger partial charge in [0.25, 0.3) is 0 Å². The third kappa shape index (κ3) is 4.05. The van der Waals surface area contributed by atoms with Crippen molar-refractivity contribution >= 4 is 17.7 Å². The summed E-state index contributed by atoms with van der Waals surface area (Å²) in [5, 5.41) is 6.89. The fourth-order valence-electron chi connectivity index (χ4n) is 2.22. The SMILES string of the molecule is CN=C(NCC1CC1)NCC1(SC)CCOCC1. The molecule has 0 amide bonds. The van der Waals surface area contributed by atoms with Gasteiger partial charge in [0.15, 0.2) is 5.96 Å². The molecular weight excluding hydrogens is 246 g/mol. The molecule has 104 valence electrons. The first-order valence-corrected chi connectivity index (χ1v) is 8.08. The molecule has 2 N–H and O–H groups in total. The van der Waals surface area contributed by atoms with E-state index in [0.717, 1.165) is 51.0 Å². The summed E-state index contributed by atoms with van der Waals surface area (Å²) in [6.07, 6.45) is 7.20. The highest BCUT2D eigenvalue weighted by Crippen LogP contribution is 2.33. The summed E-state index contributed by atoms with van der Waals surface area (Å²) < 4.78 is 5.77. The number of ether oxygens (including phenoxy) is 1. The van der Waals surface area contributed by atoms with Crippen molar-refractivity contribution in [1.29, 1.82) is 0 Å². The smallest absolute Gasteiger partial charge is 0.191 e. The number of rotatable bonds is 5. The molecule has 0 atom stereocenters. The summed E-state index contributed by atoms with van der Waals surface area (Å²) in [7, 11) is 1.85. The van der Waals surface area contributed by atoms with E-state index < -0.39 is 0 Å². The van der Waals surface area contributed by atoms with Crippen molar-refractivity contribution in [2.45, 2.75) is 30.4 Å². The topological polar surface area (TPSA) is 45.7 Å². The van der Waals surface area contributed by atoms with Crippen LogP contribution in [-0.2, 0) is 4.74 Å². The Morgan fingerprint density at radius 2 is 2.06 bits per heavy atom. The lowest BCUT2D eigenvalue weighted by atomic mass is 9.99.